The van der Waals surface area contributed by atoms with E-state index in [1.54, 1.807) is 12.4 Å². The number of nitriles is 1. The molecule has 0 bridgehead atoms. The van der Waals surface area contributed by atoms with Gasteiger partial charge in [-0.1, -0.05) is 49.0 Å². The number of hydrogen-bond donors (Lipinski definition) is 0. The van der Waals surface area contributed by atoms with Gasteiger partial charge < -0.3 is 9.41 Å². The Bertz CT molecular complexity index is 1700. The minimum Gasteiger partial charge on any atom is -0.361 e. The molecule has 0 aliphatic rings. The van der Waals surface area contributed by atoms with Crippen molar-refractivity contribution >= 4 is 27.6 Å². The molecule has 0 aliphatic carbocycles. The van der Waals surface area contributed by atoms with Crippen LogP contribution in [0.3, 0.4) is 0 Å². The Kier molecular flexibility index (Phi) is 4.80. The van der Waals surface area contributed by atoms with Crippen molar-refractivity contribution in [2.24, 2.45) is 0 Å². The average Bonchev–Trinajstić information content (AvgIpc) is 3.26. The Morgan fingerprint density at radius 1 is 0.686 bits per heavy atom. The highest BCUT2D eigenvalue weighted by Gasteiger charge is 2.15. The summed E-state index contributed by atoms with van der Waals surface area (Å²) in [6, 6.07) is 32.7. The molecule has 0 saturated carbocycles. The summed E-state index contributed by atoms with van der Waals surface area (Å²) in [4.78, 5) is 11.7. The fraction of sp³-hybridized carbons (Fsp3) is 0. The first-order valence-corrected chi connectivity index (χ1v) is 11.1. The average molecular weight is 448 g/mol. The first kappa shape index (κ1) is 20.4. The van der Waals surface area contributed by atoms with Gasteiger partial charge in [-0.2, -0.15) is 5.26 Å². The highest BCUT2D eigenvalue weighted by molar-refractivity contribution is 6.11. The van der Waals surface area contributed by atoms with E-state index in [-0.39, 0.29) is 0 Å². The summed E-state index contributed by atoms with van der Waals surface area (Å²) in [7, 11) is 0. The lowest BCUT2D eigenvalue weighted by molar-refractivity contribution is 1.18. The number of rotatable bonds is 3. The Morgan fingerprint density at radius 3 is 1.91 bits per heavy atom. The van der Waals surface area contributed by atoms with Gasteiger partial charge in [-0.05, 0) is 70.8 Å². The fourth-order valence-electron chi connectivity index (χ4n) is 4.56. The molecule has 0 unspecified atom stereocenters. The van der Waals surface area contributed by atoms with Crippen LogP contribution in [0, 0.1) is 17.9 Å². The van der Waals surface area contributed by atoms with Crippen LogP contribution in [0.4, 0.5) is 5.82 Å². The van der Waals surface area contributed by atoms with E-state index < -0.39 is 0 Å². The van der Waals surface area contributed by atoms with E-state index in [4.69, 9.17) is 6.57 Å². The first-order valence-electron chi connectivity index (χ1n) is 11.1. The van der Waals surface area contributed by atoms with Crippen molar-refractivity contribution in [1.82, 2.24) is 14.5 Å². The van der Waals surface area contributed by atoms with Gasteiger partial charge in [0.25, 0.3) is 5.82 Å². The molecule has 6 rings (SSSR count). The van der Waals surface area contributed by atoms with E-state index in [0.29, 0.717) is 11.5 Å². The zero-order valence-corrected chi connectivity index (χ0v) is 18.6. The second kappa shape index (κ2) is 8.26. The maximum Gasteiger partial charge on any atom is 0.270 e. The number of aromatic nitrogens is 3. The highest BCUT2D eigenvalue weighted by Crippen LogP contribution is 2.37. The molecule has 0 radical (unpaired) electrons. The van der Waals surface area contributed by atoms with Crippen molar-refractivity contribution in [3.05, 3.63) is 121 Å². The summed E-state index contributed by atoms with van der Waals surface area (Å²) >= 11 is 0. The lowest BCUT2D eigenvalue weighted by Crippen LogP contribution is -1.94. The van der Waals surface area contributed by atoms with Gasteiger partial charge in [0.15, 0.2) is 0 Å². The third-order valence-electron chi connectivity index (χ3n) is 6.18. The molecule has 3 heterocycles. The lowest BCUT2D eigenvalue weighted by atomic mass is 10.0. The van der Waals surface area contributed by atoms with E-state index in [2.05, 4.69) is 74.0 Å². The van der Waals surface area contributed by atoms with Gasteiger partial charge in [0.05, 0.1) is 11.0 Å². The SMILES string of the molecule is [C-]#[N+]c1cc(-c2ccc3c4ccc(-c5ccnc(C#N)c5)cc4n(-c4ccccc4)c3c2)ccn1. The van der Waals surface area contributed by atoms with E-state index in [0.717, 1.165) is 49.7 Å². The van der Waals surface area contributed by atoms with Crippen LogP contribution in [0.25, 0.3) is 54.6 Å². The molecular weight excluding hydrogens is 430 g/mol. The molecule has 5 heteroatoms. The standard InChI is InChI=1S/C30H17N5/c1-32-30-18-23(12-14-34-30)21-8-10-27-26-9-7-20(22-11-13-33-24(15-22)19-31)16-28(26)35(29(27)17-21)25-5-3-2-4-6-25/h2-18H. The van der Waals surface area contributed by atoms with E-state index in [1.807, 2.05) is 42.5 Å². The predicted octanol–water partition coefficient (Wildman–Crippen LogP) is 7.33. The van der Waals surface area contributed by atoms with Crippen LogP contribution < -0.4 is 0 Å². The minimum absolute atomic E-state index is 0.380. The summed E-state index contributed by atoms with van der Waals surface area (Å²) in [5.74, 6) is 0.380. The Balaban J connectivity index is 1.64. The second-order valence-corrected chi connectivity index (χ2v) is 8.19. The summed E-state index contributed by atoms with van der Waals surface area (Å²) in [5, 5.41) is 11.6. The predicted molar refractivity (Wildman–Crippen MR) is 138 cm³/mol. The van der Waals surface area contributed by atoms with Crippen LogP contribution in [-0.4, -0.2) is 14.5 Å². The number of fused-ring (bicyclic) bond motifs is 3. The summed E-state index contributed by atoms with van der Waals surface area (Å²) in [6.45, 7) is 7.31. The maximum absolute atomic E-state index is 9.28. The molecule has 0 saturated heterocycles. The van der Waals surface area contributed by atoms with Crippen molar-refractivity contribution in [2.45, 2.75) is 0 Å². The van der Waals surface area contributed by atoms with Gasteiger partial charge in [0.2, 0.25) is 0 Å². The van der Waals surface area contributed by atoms with Gasteiger partial charge in [0, 0.05) is 22.7 Å². The molecule has 0 N–H and O–H groups in total. The molecule has 5 nitrogen and oxygen atoms in total. The van der Waals surface area contributed by atoms with Crippen molar-refractivity contribution < 1.29 is 0 Å². The van der Waals surface area contributed by atoms with Crippen molar-refractivity contribution in [3.8, 4) is 34.0 Å². The summed E-state index contributed by atoms with van der Waals surface area (Å²) in [6.07, 6.45) is 3.35. The number of hydrogen-bond acceptors (Lipinski definition) is 3. The van der Waals surface area contributed by atoms with Crippen LogP contribution >= 0.6 is 0 Å². The van der Waals surface area contributed by atoms with Gasteiger partial charge in [-0.3, -0.25) is 0 Å². The molecule has 6 aromatic rings. The van der Waals surface area contributed by atoms with Crippen molar-refractivity contribution in [2.75, 3.05) is 0 Å². The molecule has 0 fully saturated rings. The molecule has 0 spiro atoms. The van der Waals surface area contributed by atoms with E-state index >= 15 is 0 Å². The zero-order chi connectivity index (χ0) is 23.8. The third kappa shape index (κ3) is 3.49. The topological polar surface area (TPSA) is 58.9 Å². The van der Waals surface area contributed by atoms with Crippen molar-refractivity contribution in [1.29, 1.82) is 5.26 Å². The molecular formula is C30H17N5. The molecule has 162 valence electrons. The molecule has 35 heavy (non-hydrogen) atoms. The van der Waals surface area contributed by atoms with Gasteiger partial charge in [-0.15, -0.1) is 4.98 Å². The van der Waals surface area contributed by atoms with Crippen LogP contribution in [0.5, 0.6) is 0 Å². The Hall–Kier alpha value is -5.26. The smallest absolute Gasteiger partial charge is 0.270 e. The second-order valence-electron chi connectivity index (χ2n) is 8.19. The maximum atomic E-state index is 9.28. The number of para-hydroxylation sites is 1. The van der Waals surface area contributed by atoms with Gasteiger partial charge >= 0.3 is 0 Å². The Morgan fingerprint density at radius 2 is 1.29 bits per heavy atom. The quantitative estimate of drug-likeness (QED) is 0.267. The molecule has 0 amide bonds. The monoisotopic (exact) mass is 447 g/mol. The van der Waals surface area contributed by atoms with Crippen LogP contribution in [0.2, 0.25) is 0 Å². The third-order valence-corrected chi connectivity index (χ3v) is 6.18. The molecule has 3 aromatic carbocycles. The lowest BCUT2D eigenvalue weighted by Gasteiger charge is -2.10. The summed E-state index contributed by atoms with van der Waals surface area (Å²) < 4.78 is 2.26. The summed E-state index contributed by atoms with van der Waals surface area (Å²) in [5.41, 5.74) is 7.57. The molecule has 3 aromatic heterocycles. The minimum atomic E-state index is 0.380. The Labute approximate surface area is 202 Å². The normalized spacial score (nSPS) is 10.8. The highest BCUT2D eigenvalue weighted by atomic mass is 15.0. The molecule has 0 aliphatic heterocycles. The van der Waals surface area contributed by atoms with E-state index in [9.17, 15) is 5.26 Å². The fourth-order valence-corrected chi connectivity index (χ4v) is 4.56. The van der Waals surface area contributed by atoms with Gasteiger partial charge in [-0.25, -0.2) is 4.98 Å². The first-order chi connectivity index (χ1) is 17.2. The zero-order valence-electron chi connectivity index (χ0n) is 18.6. The van der Waals surface area contributed by atoms with Crippen LogP contribution in [-0.2, 0) is 0 Å². The number of pyridine rings is 2. The van der Waals surface area contributed by atoms with Crippen LogP contribution in [0.1, 0.15) is 5.69 Å². The largest absolute Gasteiger partial charge is 0.361 e. The van der Waals surface area contributed by atoms with Gasteiger partial charge in [0.1, 0.15) is 18.0 Å². The number of nitrogens with zero attached hydrogens (tertiary/aromatic N) is 5. The number of benzene rings is 3. The van der Waals surface area contributed by atoms with E-state index in [1.165, 1.54) is 0 Å². The van der Waals surface area contributed by atoms with Crippen molar-refractivity contribution in [3.63, 3.8) is 0 Å². The van der Waals surface area contributed by atoms with Crippen LogP contribution in [0.15, 0.2) is 103 Å². The molecule has 0 atom stereocenters.